The monoisotopic (exact) mass is 216 g/mol. The molecule has 0 saturated heterocycles. The number of rotatable bonds is 3. The number of benzene rings is 1. The van der Waals surface area contributed by atoms with Crippen molar-refractivity contribution >= 4 is 5.91 Å². The number of aryl methyl sites for hydroxylation is 1. The summed E-state index contributed by atoms with van der Waals surface area (Å²) in [6.45, 7) is 0.496. The molecule has 0 saturated carbocycles. The van der Waals surface area contributed by atoms with Crippen molar-refractivity contribution in [2.45, 2.75) is 6.54 Å². The maximum atomic E-state index is 11.6. The second kappa shape index (κ2) is 4.57. The third-order valence-electron chi connectivity index (χ3n) is 2.13. The van der Waals surface area contributed by atoms with Gasteiger partial charge in [-0.25, -0.2) is 0 Å². The molecule has 0 fully saturated rings. The van der Waals surface area contributed by atoms with Crippen LogP contribution in [0.25, 0.3) is 0 Å². The number of carbonyl (C=O) groups is 1. The van der Waals surface area contributed by atoms with Crippen molar-refractivity contribution in [2.75, 3.05) is 0 Å². The van der Waals surface area contributed by atoms with Crippen molar-refractivity contribution in [1.29, 1.82) is 0 Å². The number of amides is 1. The summed E-state index contributed by atoms with van der Waals surface area (Å²) in [6, 6.07) is 9.72. The van der Waals surface area contributed by atoms with Crippen LogP contribution in [0.3, 0.4) is 0 Å². The minimum atomic E-state index is -0.211. The van der Waals surface area contributed by atoms with Crippen molar-refractivity contribution in [3.63, 3.8) is 0 Å². The van der Waals surface area contributed by atoms with Crippen molar-refractivity contribution in [2.24, 2.45) is 7.05 Å². The van der Waals surface area contributed by atoms with E-state index in [-0.39, 0.29) is 5.91 Å². The van der Waals surface area contributed by atoms with Gasteiger partial charge in [-0.2, -0.15) is 0 Å². The molecule has 0 radical (unpaired) electrons. The molecule has 2 aromatic rings. The van der Waals surface area contributed by atoms with E-state index in [1.807, 2.05) is 30.3 Å². The summed E-state index contributed by atoms with van der Waals surface area (Å²) >= 11 is 0. The van der Waals surface area contributed by atoms with Crippen molar-refractivity contribution in [1.82, 2.24) is 20.3 Å². The molecule has 5 heteroatoms. The fourth-order valence-electron chi connectivity index (χ4n) is 1.32. The number of carbonyl (C=O) groups excluding carboxylic acids is 1. The van der Waals surface area contributed by atoms with Gasteiger partial charge in [-0.1, -0.05) is 35.5 Å². The van der Waals surface area contributed by atoms with Gasteiger partial charge in [0.1, 0.15) is 0 Å². The molecule has 1 heterocycles. The Morgan fingerprint density at radius 2 is 2.12 bits per heavy atom. The summed E-state index contributed by atoms with van der Waals surface area (Å²) in [6.07, 6.45) is 1.58. The first-order chi connectivity index (χ1) is 7.75. The minimum absolute atomic E-state index is 0.211. The largest absolute Gasteiger partial charge is 0.347 e. The van der Waals surface area contributed by atoms with Crippen molar-refractivity contribution in [3.05, 3.63) is 47.8 Å². The van der Waals surface area contributed by atoms with Gasteiger partial charge in [0.15, 0.2) is 5.69 Å². The van der Waals surface area contributed by atoms with E-state index in [4.69, 9.17) is 0 Å². The molecular formula is C11H12N4O. The predicted molar refractivity (Wildman–Crippen MR) is 58.6 cm³/mol. The quantitative estimate of drug-likeness (QED) is 0.823. The molecule has 0 bridgehead atoms. The molecule has 0 spiro atoms. The Morgan fingerprint density at radius 1 is 1.38 bits per heavy atom. The Morgan fingerprint density at radius 3 is 2.75 bits per heavy atom. The van der Waals surface area contributed by atoms with Crippen LogP contribution in [0.15, 0.2) is 36.5 Å². The van der Waals surface area contributed by atoms with Crippen LogP contribution in [0, 0.1) is 0 Å². The van der Waals surface area contributed by atoms with Gasteiger partial charge in [-0.15, -0.1) is 5.10 Å². The summed E-state index contributed by atoms with van der Waals surface area (Å²) in [5.74, 6) is -0.211. The van der Waals surface area contributed by atoms with Gasteiger partial charge in [-0.3, -0.25) is 9.48 Å². The Balaban J connectivity index is 1.94. The minimum Gasteiger partial charge on any atom is -0.347 e. The molecule has 0 aliphatic carbocycles. The van der Waals surface area contributed by atoms with Gasteiger partial charge in [-0.05, 0) is 5.56 Å². The average molecular weight is 216 g/mol. The highest BCUT2D eigenvalue weighted by Crippen LogP contribution is 1.98. The molecule has 2 rings (SSSR count). The van der Waals surface area contributed by atoms with E-state index in [9.17, 15) is 4.79 Å². The fourth-order valence-corrected chi connectivity index (χ4v) is 1.32. The van der Waals surface area contributed by atoms with Crippen LogP contribution < -0.4 is 5.32 Å². The lowest BCUT2D eigenvalue weighted by atomic mass is 10.2. The fraction of sp³-hybridized carbons (Fsp3) is 0.182. The van der Waals surface area contributed by atoms with E-state index in [0.717, 1.165) is 5.56 Å². The molecule has 16 heavy (non-hydrogen) atoms. The Labute approximate surface area is 93.1 Å². The zero-order chi connectivity index (χ0) is 11.4. The van der Waals surface area contributed by atoms with Gasteiger partial charge in [0, 0.05) is 13.6 Å². The van der Waals surface area contributed by atoms with E-state index >= 15 is 0 Å². The lowest BCUT2D eigenvalue weighted by molar-refractivity contribution is 0.0946. The second-order valence-electron chi connectivity index (χ2n) is 3.45. The number of nitrogens with zero attached hydrogens (tertiary/aromatic N) is 3. The highest BCUT2D eigenvalue weighted by Gasteiger charge is 2.08. The number of hydrogen-bond acceptors (Lipinski definition) is 3. The molecular weight excluding hydrogens is 204 g/mol. The lowest BCUT2D eigenvalue weighted by Crippen LogP contribution is -2.23. The molecule has 82 valence electrons. The topological polar surface area (TPSA) is 59.8 Å². The van der Waals surface area contributed by atoms with Gasteiger partial charge < -0.3 is 5.32 Å². The van der Waals surface area contributed by atoms with Crippen LogP contribution >= 0.6 is 0 Å². The third kappa shape index (κ3) is 2.44. The van der Waals surface area contributed by atoms with Gasteiger partial charge in [0.05, 0.1) is 6.20 Å². The van der Waals surface area contributed by atoms with Gasteiger partial charge in [0.2, 0.25) is 0 Å². The Hall–Kier alpha value is -2.17. The SMILES string of the molecule is Cn1cc(C(=O)NCc2ccccc2)nn1. The standard InChI is InChI=1S/C11H12N4O/c1-15-8-10(13-14-15)11(16)12-7-9-5-3-2-4-6-9/h2-6,8H,7H2,1H3,(H,12,16). The number of nitrogens with one attached hydrogen (secondary N) is 1. The maximum Gasteiger partial charge on any atom is 0.273 e. The van der Waals surface area contributed by atoms with E-state index in [1.54, 1.807) is 13.2 Å². The molecule has 0 aliphatic rings. The van der Waals surface area contributed by atoms with E-state index in [1.165, 1.54) is 4.68 Å². The molecule has 1 N–H and O–H groups in total. The summed E-state index contributed by atoms with van der Waals surface area (Å²) in [7, 11) is 1.72. The van der Waals surface area contributed by atoms with Crippen LogP contribution in [0.5, 0.6) is 0 Å². The lowest BCUT2D eigenvalue weighted by Gasteiger charge is -2.02. The summed E-state index contributed by atoms with van der Waals surface area (Å²) in [5, 5.41) is 10.2. The molecule has 0 aliphatic heterocycles. The zero-order valence-corrected chi connectivity index (χ0v) is 8.92. The first kappa shape index (κ1) is 10.4. The molecule has 5 nitrogen and oxygen atoms in total. The smallest absolute Gasteiger partial charge is 0.273 e. The van der Waals surface area contributed by atoms with Crippen molar-refractivity contribution < 1.29 is 4.79 Å². The maximum absolute atomic E-state index is 11.6. The van der Waals surface area contributed by atoms with Crippen LogP contribution in [-0.4, -0.2) is 20.9 Å². The van der Waals surface area contributed by atoms with Crippen molar-refractivity contribution in [3.8, 4) is 0 Å². The summed E-state index contributed by atoms with van der Waals surface area (Å²) in [4.78, 5) is 11.6. The molecule has 0 unspecified atom stereocenters. The van der Waals surface area contributed by atoms with Gasteiger partial charge in [0.25, 0.3) is 5.91 Å². The molecule has 0 atom stereocenters. The second-order valence-corrected chi connectivity index (χ2v) is 3.45. The molecule has 1 amide bonds. The Kier molecular flexibility index (Phi) is 2.95. The van der Waals surface area contributed by atoms with E-state index in [2.05, 4.69) is 15.6 Å². The Bertz CT molecular complexity index is 478. The normalized spacial score (nSPS) is 10.1. The van der Waals surface area contributed by atoms with Crippen LogP contribution in [-0.2, 0) is 13.6 Å². The molecule has 1 aromatic heterocycles. The van der Waals surface area contributed by atoms with E-state index in [0.29, 0.717) is 12.2 Å². The number of aromatic nitrogens is 3. The third-order valence-corrected chi connectivity index (χ3v) is 2.13. The summed E-state index contributed by atoms with van der Waals surface area (Å²) in [5.41, 5.74) is 1.39. The van der Waals surface area contributed by atoms with E-state index < -0.39 is 0 Å². The summed E-state index contributed by atoms with van der Waals surface area (Å²) < 4.78 is 1.50. The zero-order valence-electron chi connectivity index (χ0n) is 8.92. The molecule has 1 aromatic carbocycles. The number of hydrogen-bond donors (Lipinski definition) is 1. The highest BCUT2D eigenvalue weighted by molar-refractivity contribution is 5.91. The first-order valence-corrected chi connectivity index (χ1v) is 4.94. The van der Waals surface area contributed by atoms with Crippen LogP contribution in [0.2, 0.25) is 0 Å². The highest BCUT2D eigenvalue weighted by atomic mass is 16.1. The predicted octanol–water partition coefficient (Wildman–Crippen LogP) is 0.745. The van der Waals surface area contributed by atoms with Crippen LogP contribution in [0.4, 0.5) is 0 Å². The average Bonchev–Trinajstić information content (AvgIpc) is 2.74. The van der Waals surface area contributed by atoms with Crippen LogP contribution in [0.1, 0.15) is 16.1 Å². The first-order valence-electron chi connectivity index (χ1n) is 4.94. The van der Waals surface area contributed by atoms with Gasteiger partial charge >= 0.3 is 0 Å².